The normalized spacial score (nSPS) is 13.9. The van der Waals surface area contributed by atoms with Crippen LogP contribution < -0.4 is 10.6 Å². The van der Waals surface area contributed by atoms with Crippen molar-refractivity contribution in [3.05, 3.63) is 54.2 Å². The Labute approximate surface area is 111 Å². The van der Waals surface area contributed by atoms with Crippen LogP contribution in [-0.2, 0) is 0 Å². The first-order chi connectivity index (χ1) is 9.31. The molecule has 4 nitrogen and oxygen atoms in total. The fourth-order valence-corrected chi connectivity index (χ4v) is 1.78. The number of anilines is 2. The van der Waals surface area contributed by atoms with Gasteiger partial charge in [0, 0.05) is 11.6 Å². The van der Waals surface area contributed by atoms with Crippen LogP contribution in [0.1, 0.15) is 23.2 Å². The summed E-state index contributed by atoms with van der Waals surface area (Å²) in [5.74, 6) is 0.741. The summed E-state index contributed by atoms with van der Waals surface area (Å²) in [6.07, 6.45) is 4.11. The van der Waals surface area contributed by atoms with Crippen molar-refractivity contribution < 1.29 is 4.79 Å². The molecule has 1 aliphatic carbocycles. The van der Waals surface area contributed by atoms with Crippen molar-refractivity contribution in [3.8, 4) is 0 Å². The highest BCUT2D eigenvalue weighted by Gasteiger charge is 2.21. The Balaban J connectivity index is 1.64. The Morgan fingerprint density at radius 3 is 2.53 bits per heavy atom. The molecule has 0 unspecified atom stereocenters. The molecule has 19 heavy (non-hydrogen) atoms. The number of pyridine rings is 1. The number of hydrogen-bond donors (Lipinski definition) is 2. The second-order valence-corrected chi connectivity index (χ2v) is 4.67. The second kappa shape index (κ2) is 5.10. The maximum absolute atomic E-state index is 11.9. The Morgan fingerprint density at radius 1 is 1.11 bits per heavy atom. The molecule has 1 fully saturated rings. The minimum atomic E-state index is -0.120. The van der Waals surface area contributed by atoms with Gasteiger partial charge in [-0.05, 0) is 37.1 Å². The molecule has 1 amide bonds. The molecule has 2 N–H and O–H groups in total. The number of amides is 1. The van der Waals surface area contributed by atoms with Gasteiger partial charge in [-0.15, -0.1) is 0 Å². The van der Waals surface area contributed by atoms with Crippen LogP contribution in [0.3, 0.4) is 0 Å². The second-order valence-electron chi connectivity index (χ2n) is 4.67. The number of nitrogens with zero attached hydrogens (tertiary/aromatic N) is 1. The SMILES string of the molecule is O=C(Nc1ccc(NC2CC2)nc1)c1ccccc1. The fraction of sp³-hybridized carbons (Fsp3) is 0.200. The number of benzene rings is 1. The molecular formula is C15H15N3O. The van der Waals surface area contributed by atoms with E-state index in [0.29, 0.717) is 17.3 Å². The number of aromatic nitrogens is 1. The molecule has 2 aromatic rings. The van der Waals surface area contributed by atoms with Crippen molar-refractivity contribution in [1.82, 2.24) is 4.98 Å². The van der Waals surface area contributed by atoms with E-state index in [1.807, 2.05) is 30.3 Å². The summed E-state index contributed by atoms with van der Waals surface area (Å²) in [6, 6.07) is 13.5. The zero-order valence-corrected chi connectivity index (χ0v) is 10.5. The summed E-state index contributed by atoms with van der Waals surface area (Å²) in [5.41, 5.74) is 1.35. The summed E-state index contributed by atoms with van der Waals surface area (Å²) < 4.78 is 0. The molecule has 1 aromatic heterocycles. The number of carbonyl (C=O) groups is 1. The molecule has 0 radical (unpaired) electrons. The lowest BCUT2D eigenvalue weighted by atomic mass is 10.2. The van der Waals surface area contributed by atoms with Crippen LogP contribution >= 0.6 is 0 Å². The average Bonchev–Trinajstić information content (AvgIpc) is 3.26. The van der Waals surface area contributed by atoms with E-state index in [1.165, 1.54) is 12.8 Å². The van der Waals surface area contributed by atoms with Crippen LogP contribution in [-0.4, -0.2) is 16.9 Å². The number of hydrogen-bond acceptors (Lipinski definition) is 3. The third kappa shape index (κ3) is 3.10. The van der Waals surface area contributed by atoms with Gasteiger partial charge in [-0.2, -0.15) is 0 Å². The predicted octanol–water partition coefficient (Wildman–Crippen LogP) is 2.91. The van der Waals surface area contributed by atoms with Crippen molar-refractivity contribution in [1.29, 1.82) is 0 Å². The van der Waals surface area contributed by atoms with Gasteiger partial charge in [0.1, 0.15) is 5.82 Å². The zero-order valence-electron chi connectivity index (χ0n) is 10.5. The molecule has 4 heteroatoms. The van der Waals surface area contributed by atoms with Crippen molar-refractivity contribution in [2.75, 3.05) is 10.6 Å². The number of nitrogens with one attached hydrogen (secondary N) is 2. The van der Waals surface area contributed by atoms with Crippen LogP contribution in [0.15, 0.2) is 48.7 Å². The average molecular weight is 253 g/mol. The first-order valence-electron chi connectivity index (χ1n) is 6.40. The molecule has 1 saturated carbocycles. The van der Waals surface area contributed by atoms with E-state index in [0.717, 1.165) is 5.82 Å². The molecule has 0 spiro atoms. The van der Waals surface area contributed by atoms with Gasteiger partial charge < -0.3 is 10.6 Å². The van der Waals surface area contributed by atoms with Gasteiger partial charge in [0.15, 0.2) is 0 Å². The Bertz CT molecular complexity index is 562. The third-order valence-corrected chi connectivity index (χ3v) is 2.99. The van der Waals surface area contributed by atoms with Crippen molar-refractivity contribution in [2.45, 2.75) is 18.9 Å². The summed E-state index contributed by atoms with van der Waals surface area (Å²) >= 11 is 0. The molecule has 0 aliphatic heterocycles. The molecule has 1 heterocycles. The van der Waals surface area contributed by atoms with Gasteiger partial charge in [0.05, 0.1) is 11.9 Å². The van der Waals surface area contributed by atoms with Gasteiger partial charge in [-0.25, -0.2) is 4.98 Å². The highest BCUT2D eigenvalue weighted by molar-refractivity contribution is 6.04. The molecule has 1 aliphatic rings. The first kappa shape index (κ1) is 11.7. The molecule has 1 aromatic carbocycles. The minimum Gasteiger partial charge on any atom is -0.367 e. The van der Waals surface area contributed by atoms with Gasteiger partial charge in [0.25, 0.3) is 5.91 Å². The van der Waals surface area contributed by atoms with E-state index in [4.69, 9.17) is 0 Å². The van der Waals surface area contributed by atoms with Crippen molar-refractivity contribution in [3.63, 3.8) is 0 Å². The highest BCUT2D eigenvalue weighted by Crippen LogP contribution is 2.23. The maximum Gasteiger partial charge on any atom is 0.255 e. The van der Waals surface area contributed by atoms with Crippen LogP contribution in [0.5, 0.6) is 0 Å². The standard InChI is InChI=1S/C15H15N3O/c19-15(11-4-2-1-3-5-11)18-13-8-9-14(16-10-13)17-12-6-7-12/h1-5,8-10,12H,6-7H2,(H,16,17)(H,18,19). The molecular weight excluding hydrogens is 238 g/mol. The molecule has 0 bridgehead atoms. The lowest BCUT2D eigenvalue weighted by Gasteiger charge is -2.07. The van der Waals surface area contributed by atoms with E-state index >= 15 is 0 Å². The van der Waals surface area contributed by atoms with E-state index < -0.39 is 0 Å². The van der Waals surface area contributed by atoms with Crippen molar-refractivity contribution >= 4 is 17.4 Å². The monoisotopic (exact) mass is 253 g/mol. The predicted molar refractivity (Wildman–Crippen MR) is 75.3 cm³/mol. The van der Waals surface area contributed by atoms with Crippen LogP contribution in [0.4, 0.5) is 11.5 Å². The molecule has 3 rings (SSSR count). The Morgan fingerprint density at radius 2 is 1.89 bits per heavy atom. The number of rotatable bonds is 4. The van der Waals surface area contributed by atoms with Gasteiger partial charge in [-0.3, -0.25) is 4.79 Å². The summed E-state index contributed by atoms with van der Waals surface area (Å²) in [4.78, 5) is 16.2. The summed E-state index contributed by atoms with van der Waals surface area (Å²) in [5, 5.41) is 6.13. The minimum absolute atomic E-state index is 0.120. The third-order valence-electron chi connectivity index (χ3n) is 2.99. The lowest BCUT2D eigenvalue weighted by molar-refractivity contribution is 0.102. The zero-order chi connectivity index (χ0) is 13.1. The van der Waals surface area contributed by atoms with E-state index in [2.05, 4.69) is 15.6 Å². The van der Waals surface area contributed by atoms with E-state index in [-0.39, 0.29) is 5.91 Å². The Kier molecular flexibility index (Phi) is 3.14. The van der Waals surface area contributed by atoms with Crippen LogP contribution in [0, 0.1) is 0 Å². The molecule has 0 atom stereocenters. The summed E-state index contributed by atoms with van der Waals surface area (Å²) in [7, 11) is 0. The van der Waals surface area contributed by atoms with Crippen molar-refractivity contribution in [2.24, 2.45) is 0 Å². The highest BCUT2D eigenvalue weighted by atomic mass is 16.1. The van der Waals surface area contributed by atoms with Crippen LogP contribution in [0.25, 0.3) is 0 Å². The maximum atomic E-state index is 11.9. The van der Waals surface area contributed by atoms with E-state index in [9.17, 15) is 4.79 Å². The largest absolute Gasteiger partial charge is 0.367 e. The first-order valence-corrected chi connectivity index (χ1v) is 6.40. The fourth-order valence-electron chi connectivity index (χ4n) is 1.78. The summed E-state index contributed by atoms with van der Waals surface area (Å²) in [6.45, 7) is 0. The Hall–Kier alpha value is -2.36. The quantitative estimate of drug-likeness (QED) is 0.880. The van der Waals surface area contributed by atoms with E-state index in [1.54, 1.807) is 18.3 Å². The topological polar surface area (TPSA) is 54.0 Å². The smallest absolute Gasteiger partial charge is 0.255 e. The van der Waals surface area contributed by atoms with Gasteiger partial charge in [-0.1, -0.05) is 18.2 Å². The number of carbonyl (C=O) groups excluding carboxylic acids is 1. The van der Waals surface area contributed by atoms with Gasteiger partial charge >= 0.3 is 0 Å². The lowest BCUT2D eigenvalue weighted by Crippen LogP contribution is -2.12. The van der Waals surface area contributed by atoms with Crippen LogP contribution in [0.2, 0.25) is 0 Å². The molecule has 0 saturated heterocycles. The van der Waals surface area contributed by atoms with Gasteiger partial charge in [0.2, 0.25) is 0 Å². The molecule has 96 valence electrons.